The molecule has 0 unspecified atom stereocenters. The number of rotatable bonds is 5. The predicted octanol–water partition coefficient (Wildman–Crippen LogP) is 4.15. The highest BCUT2D eigenvalue weighted by atomic mass is 16.5. The van der Waals surface area contributed by atoms with Crippen molar-refractivity contribution in [3.63, 3.8) is 0 Å². The van der Waals surface area contributed by atoms with Gasteiger partial charge in [-0.1, -0.05) is 30.3 Å². The molecule has 0 amide bonds. The molecule has 0 saturated heterocycles. The molecule has 0 aliphatic rings. The van der Waals surface area contributed by atoms with Gasteiger partial charge in [0.05, 0.1) is 23.4 Å². The van der Waals surface area contributed by atoms with Gasteiger partial charge in [0.25, 0.3) is 0 Å². The first-order valence-corrected chi connectivity index (χ1v) is 8.24. The van der Waals surface area contributed by atoms with Crippen LogP contribution in [0.2, 0.25) is 0 Å². The number of carbonyl (C=O) groups excluding carboxylic acids is 2. The van der Waals surface area contributed by atoms with Crippen molar-refractivity contribution in [3.8, 4) is 0 Å². The topological polar surface area (TPSA) is 56.3 Å². The lowest BCUT2D eigenvalue weighted by molar-refractivity contribution is 0.0525. The number of ether oxygens (including phenoxy) is 1. The van der Waals surface area contributed by atoms with Crippen LogP contribution in [0.25, 0.3) is 10.9 Å². The van der Waals surface area contributed by atoms with Gasteiger partial charge in [-0.15, -0.1) is 0 Å². The van der Waals surface area contributed by atoms with Gasteiger partial charge >= 0.3 is 5.97 Å². The van der Waals surface area contributed by atoms with Crippen LogP contribution in [0.4, 0.5) is 0 Å². The minimum absolute atomic E-state index is 0.0337. The molecule has 0 saturated carbocycles. The maximum atomic E-state index is 12.5. The van der Waals surface area contributed by atoms with Gasteiger partial charge in [-0.05, 0) is 43.7 Å². The van der Waals surface area contributed by atoms with E-state index in [9.17, 15) is 9.59 Å². The number of fused-ring (bicyclic) bond motifs is 1. The Morgan fingerprint density at radius 2 is 1.80 bits per heavy atom. The summed E-state index contributed by atoms with van der Waals surface area (Å²) in [5.74, 6) is -0.359. The van der Waals surface area contributed by atoms with E-state index in [0.29, 0.717) is 29.8 Å². The number of ketones is 1. The number of nitrogens with zero attached hydrogens (tertiary/aromatic N) is 1. The number of benzene rings is 2. The first kappa shape index (κ1) is 16.8. The molecular formula is C21H19NO3. The first-order chi connectivity index (χ1) is 12.1. The van der Waals surface area contributed by atoms with Crippen molar-refractivity contribution in [3.05, 3.63) is 77.0 Å². The normalized spacial score (nSPS) is 10.6. The number of hydrogen-bond acceptors (Lipinski definition) is 4. The highest BCUT2D eigenvalue weighted by Crippen LogP contribution is 2.20. The molecule has 25 heavy (non-hydrogen) atoms. The van der Waals surface area contributed by atoms with Gasteiger partial charge in [0.2, 0.25) is 0 Å². The van der Waals surface area contributed by atoms with E-state index in [-0.39, 0.29) is 5.78 Å². The quantitative estimate of drug-likeness (QED) is 0.520. The fraction of sp³-hybridized carbons (Fsp3) is 0.190. The summed E-state index contributed by atoms with van der Waals surface area (Å²) in [5, 5.41) is 0.757. The van der Waals surface area contributed by atoms with Crippen LogP contribution in [-0.4, -0.2) is 23.3 Å². The van der Waals surface area contributed by atoms with E-state index in [2.05, 4.69) is 4.98 Å². The van der Waals surface area contributed by atoms with Crippen molar-refractivity contribution in [2.75, 3.05) is 6.61 Å². The second-order valence-electron chi connectivity index (χ2n) is 5.83. The fourth-order valence-electron chi connectivity index (χ4n) is 2.75. The molecule has 0 radical (unpaired) electrons. The molecule has 126 valence electrons. The molecule has 4 heteroatoms. The Balaban J connectivity index is 1.94. The average molecular weight is 333 g/mol. The summed E-state index contributed by atoms with van der Waals surface area (Å²) in [6.07, 6.45) is 0.344. The molecule has 1 heterocycles. The van der Waals surface area contributed by atoms with Gasteiger partial charge in [-0.2, -0.15) is 0 Å². The highest BCUT2D eigenvalue weighted by Gasteiger charge is 2.14. The molecule has 0 aliphatic carbocycles. The van der Waals surface area contributed by atoms with Crippen molar-refractivity contribution in [2.24, 2.45) is 0 Å². The van der Waals surface area contributed by atoms with Crippen LogP contribution in [-0.2, 0) is 11.2 Å². The average Bonchev–Trinajstić information content (AvgIpc) is 2.61. The smallest absolute Gasteiger partial charge is 0.339 e. The standard InChI is InChI=1S/C21H19NO3/c1-3-25-21(24)18-13-17-12-16(9-10-19(17)22-14(18)2)20(23)11-15-7-5-4-6-8-15/h4-10,12-13H,3,11H2,1-2H3. The van der Waals surface area contributed by atoms with Gasteiger partial charge in [0.1, 0.15) is 0 Å². The van der Waals surface area contributed by atoms with E-state index >= 15 is 0 Å². The van der Waals surface area contributed by atoms with Crippen molar-refractivity contribution < 1.29 is 14.3 Å². The Hall–Kier alpha value is -3.01. The Morgan fingerprint density at radius 1 is 1.04 bits per heavy atom. The van der Waals surface area contributed by atoms with Crippen molar-refractivity contribution in [1.82, 2.24) is 4.98 Å². The Bertz CT molecular complexity index is 933. The number of Topliss-reactive ketones (excluding diaryl/α,β-unsaturated/α-hetero) is 1. The first-order valence-electron chi connectivity index (χ1n) is 8.24. The predicted molar refractivity (Wildman–Crippen MR) is 96.9 cm³/mol. The van der Waals surface area contributed by atoms with Crippen molar-refractivity contribution in [1.29, 1.82) is 0 Å². The molecule has 0 fully saturated rings. The molecular weight excluding hydrogens is 314 g/mol. The van der Waals surface area contributed by atoms with Crippen LogP contribution in [0.3, 0.4) is 0 Å². The largest absolute Gasteiger partial charge is 0.462 e. The van der Waals surface area contributed by atoms with Crippen LogP contribution < -0.4 is 0 Å². The number of pyridine rings is 1. The van der Waals surface area contributed by atoms with Gasteiger partial charge in [0.15, 0.2) is 5.78 Å². The summed E-state index contributed by atoms with van der Waals surface area (Å²) < 4.78 is 5.07. The second-order valence-corrected chi connectivity index (χ2v) is 5.83. The zero-order valence-electron chi connectivity index (χ0n) is 14.3. The lowest BCUT2D eigenvalue weighted by atomic mass is 10.0. The third-order valence-corrected chi connectivity index (χ3v) is 4.03. The minimum atomic E-state index is -0.393. The number of carbonyl (C=O) groups is 2. The lowest BCUT2D eigenvalue weighted by Gasteiger charge is -2.08. The zero-order chi connectivity index (χ0) is 17.8. The Morgan fingerprint density at radius 3 is 2.52 bits per heavy atom. The molecule has 1 aromatic heterocycles. The summed E-state index contributed by atoms with van der Waals surface area (Å²) in [5.41, 5.74) is 3.39. The Labute approximate surface area is 146 Å². The van der Waals surface area contributed by atoms with Crippen molar-refractivity contribution >= 4 is 22.7 Å². The SMILES string of the molecule is CCOC(=O)c1cc2cc(C(=O)Cc3ccccc3)ccc2nc1C. The summed E-state index contributed by atoms with van der Waals surface area (Å²) in [6, 6.07) is 16.8. The van der Waals surface area contributed by atoms with Gasteiger partial charge < -0.3 is 4.74 Å². The number of aryl methyl sites for hydroxylation is 1. The zero-order valence-corrected chi connectivity index (χ0v) is 14.3. The van der Waals surface area contributed by atoms with Gasteiger partial charge in [0, 0.05) is 17.4 Å². The van der Waals surface area contributed by atoms with E-state index in [1.807, 2.05) is 36.4 Å². The lowest BCUT2D eigenvalue weighted by Crippen LogP contribution is -2.08. The van der Waals surface area contributed by atoms with Crippen molar-refractivity contribution in [2.45, 2.75) is 20.3 Å². The molecule has 4 nitrogen and oxygen atoms in total. The van der Waals surface area contributed by atoms with Gasteiger partial charge in [-0.3, -0.25) is 9.78 Å². The minimum Gasteiger partial charge on any atom is -0.462 e. The van der Waals surface area contributed by atoms with E-state index in [1.165, 1.54) is 0 Å². The molecule has 2 aromatic carbocycles. The second kappa shape index (κ2) is 7.26. The molecule has 0 aliphatic heterocycles. The van der Waals surface area contributed by atoms with E-state index < -0.39 is 5.97 Å². The third kappa shape index (κ3) is 3.74. The van der Waals surface area contributed by atoms with Gasteiger partial charge in [-0.25, -0.2) is 4.79 Å². The fourth-order valence-corrected chi connectivity index (χ4v) is 2.75. The van der Waals surface area contributed by atoms with Crippen LogP contribution in [0, 0.1) is 6.92 Å². The maximum Gasteiger partial charge on any atom is 0.339 e. The molecule has 3 aromatic rings. The summed E-state index contributed by atoms with van der Waals surface area (Å²) in [4.78, 5) is 29.0. The molecule has 3 rings (SSSR count). The number of esters is 1. The Kier molecular flexibility index (Phi) is 4.89. The van der Waals surface area contributed by atoms with Crippen LogP contribution in [0.15, 0.2) is 54.6 Å². The van der Waals surface area contributed by atoms with Crippen LogP contribution in [0.1, 0.15) is 38.9 Å². The highest BCUT2D eigenvalue weighted by molar-refractivity contribution is 6.02. The molecule has 0 spiro atoms. The summed E-state index contributed by atoms with van der Waals surface area (Å²) in [6.45, 7) is 3.86. The van der Waals surface area contributed by atoms with Crippen LogP contribution >= 0.6 is 0 Å². The maximum absolute atomic E-state index is 12.5. The third-order valence-electron chi connectivity index (χ3n) is 4.03. The monoisotopic (exact) mass is 333 g/mol. The van der Waals surface area contributed by atoms with E-state index in [1.54, 1.807) is 32.0 Å². The number of hydrogen-bond donors (Lipinski definition) is 0. The molecule has 0 N–H and O–H groups in total. The summed E-state index contributed by atoms with van der Waals surface area (Å²) in [7, 11) is 0. The molecule has 0 bridgehead atoms. The van der Waals surface area contributed by atoms with Crippen LogP contribution in [0.5, 0.6) is 0 Å². The van der Waals surface area contributed by atoms with E-state index in [4.69, 9.17) is 4.74 Å². The summed E-state index contributed by atoms with van der Waals surface area (Å²) >= 11 is 0. The van der Waals surface area contributed by atoms with E-state index in [0.717, 1.165) is 16.5 Å². The number of aromatic nitrogens is 1. The molecule has 0 atom stereocenters.